The van der Waals surface area contributed by atoms with Gasteiger partial charge < -0.3 is 10.1 Å². The van der Waals surface area contributed by atoms with Gasteiger partial charge in [0, 0.05) is 22.1 Å². The van der Waals surface area contributed by atoms with Crippen LogP contribution in [0.1, 0.15) is 25.0 Å². The van der Waals surface area contributed by atoms with Gasteiger partial charge in [-0.1, -0.05) is 36.4 Å². The second kappa shape index (κ2) is 6.51. The Balaban J connectivity index is 1.96. The van der Waals surface area contributed by atoms with Gasteiger partial charge in [-0.3, -0.25) is 0 Å². The van der Waals surface area contributed by atoms with Crippen molar-refractivity contribution in [2.45, 2.75) is 38.3 Å². The minimum atomic E-state index is -0.727. The predicted octanol–water partition coefficient (Wildman–Crippen LogP) is 4.19. The molecule has 0 fully saturated rings. The number of esters is 1. The van der Waals surface area contributed by atoms with Crippen LogP contribution in [0.3, 0.4) is 0 Å². The number of rotatable bonds is 4. The molecule has 1 unspecified atom stereocenters. The molecule has 0 saturated carbocycles. The van der Waals surface area contributed by atoms with E-state index in [9.17, 15) is 4.79 Å². The zero-order valence-electron chi connectivity index (χ0n) is 13.3. The van der Waals surface area contributed by atoms with Crippen molar-refractivity contribution < 1.29 is 9.53 Å². The Morgan fingerprint density at radius 2 is 1.91 bits per heavy atom. The second-order valence-electron chi connectivity index (χ2n) is 6.26. The van der Waals surface area contributed by atoms with Crippen molar-refractivity contribution in [2.75, 3.05) is 5.32 Å². The lowest BCUT2D eigenvalue weighted by Gasteiger charge is -2.29. The number of fused-ring (bicyclic) bond motifs is 1. The van der Waals surface area contributed by atoms with Crippen molar-refractivity contribution >= 4 is 34.2 Å². The molecule has 2 aromatic carbocycles. The highest BCUT2D eigenvalue weighted by Gasteiger charge is 2.45. The van der Waals surface area contributed by atoms with Crippen molar-refractivity contribution in [3.8, 4) is 0 Å². The monoisotopic (exact) mass is 421 g/mol. The Bertz CT molecular complexity index is 702. The molecule has 2 aromatic rings. The summed E-state index contributed by atoms with van der Waals surface area (Å²) in [5.41, 5.74) is 2.63. The molecule has 23 heavy (non-hydrogen) atoms. The van der Waals surface area contributed by atoms with E-state index in [1.807, 2.05) is 44.2 Å². The Labute approximate surface area is 150 Å². The smallest absolute Gasteiger partial charge is 0.332 e. The summed E-state index contributed by atoms with van der Waals surface area (Å²) in [6, 6.07) is 16.3. The Kier molecular flexibility index (Phi) is 4.62. The van der Waals surface area contributed by atoms with E-state index in [0.29, 0.717) is 12.8 Å². The van der Waals surface area contributed by atoms with Crippen LogP contribution in [-0.4, -0.2) is 17.6 Å². The molecule has 120 valence electrons. The second-order valence-corrected chi connectivity index (χ2v) is 7.43. The predicted molar refractivity (Wildman–Crippen MR) is 101 cm³/mol. The van der Waals surface area contributed by atoms with E-state index in [1.165, 1.54) is 9.13 Å². The van der Waals surface area contributed by atoms with Crippen molar-refractivity contribution in [3.05, 3.63) is 63.2 Å². The average molecular weight is 421 g/mol. The molecule has 0 bridgehead atoms. The van der Waals surface area contributed by atoms with Crippen LogP contribution in [0.2, 0.25) is 0 Å². The summed E-state index contributed by atoms with van der Waals surface area (Å²) in [6.07, 6.45) is 1.14. The van der Waals surface area contributed by atoms with Crippen LogP contribution in [-0.2, 0) is 22.4 Å². The molecule has 0 aliphatic carbocycles. The average Bonchev–Trinajstić information content (AvgIpc) is 2.88. The third-order valence-electron chi connectivity index (χ3n) is 4.07. The molecule has 0 radical (unpaired) electrons. The summed E-state index contributed by atoms with van der Waals surface area (Å²) in [5.74, 6) is -0.177. The molecule has 0 saturated heterocycles. The summed E-state index contributed by atoms with van der Waals surface area (Å²) < 4.78 is 6.74. The Hall–Kier alpha value is -1.56. The largest absolute Gasteiger partial charge is 0.461 e. The zero-order valence-corrected chi connectivity index (χ0v) is 15.5. The van der Waals surface area contributed by atoms with E-state index < -0.39 is 5.54 Å². The molecule has 4 heteroatoms. The maximum Gasteiger partial charge on any atom is 0.332 e. The van der Waals surface area contributed by atoms with Crippen LogP contribution in [0.15, 0.2) is 48.5 Å². The number of carbonyl (C=O) groups is 1. The van der Waals surface area contributed by atoms with Gasteiger partial charge in [0.25, 0.3) is 0 Å². The standard InChI is InChI=1S/C19H20INO2/c1-13(2)23-18(22)19(11-14-7-3-5-9-16(14)20)12-15-8-4-6-10-17(15)21-19/h3-10,13,21H,11-12H2,1-2H3. The van der Waals surface area contributed by atoms with Gasteiger partial charge in [0.2, 0.25) is 0 Å². The number of anilines is 1. The third-order valence-corrected chi connectivity index (χ3v) is 5.12. The number of carbonyl (C=O) groups excluding carboxylic acids is 1. The van der Waals surface area contributed by atoms with E-state index in [-0.39, 0.29) is 12.1 Å². The topological polar surface area (TPSA) is 38.3 Å². The lowest BCUT2D eigenvalue weighted by atomic mass is 9.88. The number of hydrogen-bond acceptors (Lipinski definition) is 3. The number of nitrogens with one attached hydrogen (secondary N) is 1. The van der Waals surface area contributed by atoms with Gasteiger partial charge in [-0.2, -0.15) is 0 Å². The molecule has 1 N–H and O–H groups in total. The highest BCUT2D eigenvalue weighted by Crippen LogP contribution is 2.36. The first-order chi connectivity index (χ1) is 11.0. The molecule has 1 aliphatic heterocycles. The highest BCUT2D eigenvalue weighted by atomic mass is 127. The van der Waals surface area contributed by atoms with Gasteiger partial charge in [0.15, 0.2) is 0 Å². The fourth-order valence-electron chi connectivity index (χ4n) is 3.02. The van der Waals surface area contributed by atoms with Crippen molar-refractivity contribution in [3.63, 3.8) is 0 Å². The van der Waals surface area contributed by atoms with E-state index in [0.717, 1.165) is 11.3 Å². The number of benzene rings is 2. The lowest BCUT2D eigenvalue weighted by molar-refractivity contribution is -0.152. The highest BCUT2D eigenvalue weighted by molar-refractivity contribution is 14.1. The number of ether oxygens (including phenoxy) is 1. The molecule has 0 amide bonds. The van der Waals surface area contributed by atoms with Crippen LogP contribution >= 0.6 is 22.6 Å². The normalized spacial score (nSPS) is 19.3. The van der Waals surface area contributed by atoms with Gasteiger partial charge in [-0.15, -0.1) is 0 Å². The summed E-state index contributed by atoms with van der Waals surface area (Å²) in [6.45, 7) is 3.78. The van der Waals surface area contributed by atoms with E-state index in [2.05, 4.69) is 46.1 Å². The van der Waals surface area contributed by atoms with Crippen LogP contribution in [0, 0.1) is 3.57 Å². The number of para-hydroxylation sites is 1. The summed E-state index contributed by atoms with van der Waals surface area (Å²) in [5, 5.41) is 3.45. The molecule has 0 aromatic heterocycles. The zero-order chi connectivity index (χ0) is 16.4. The van der Waals surface area contributed by atoms with Crippen LogP contribution in [0.5, 0.6) is 0 Å². The molecule has 3 rings (SSSR count). The first-order valence-corrected chi connectivity index (χ1v) is 8.89. The van der Waals surface area contributed by atoms with Crippen molar-refractivity contribution in [2.24, 2.45) is 0 Å². The molecular formula is C19H20INO2. The minimum Gasteiger partial charge on any atom is -0.461 e. The first-order valence-electron chi connectivity index (χ1n) is 7.81. The van der Waals surface area contributed by atoms with Crippen LogP contribution < -0.4 is 5.32 Å². The molecule has 1 heterocycles. The van der Waals surface area contributed by atoms with Crippen LogP contribution in [0.25, 0.3) is 0 Å². The lowest BCUT2D eigenvalue weighted by Crippen LogP contribution is -2.49. The van der Waals surface area contributed by atoms with E-state index >= 15 is 0 Å². The van der Waals surface area contributed by atoms with Gasteiger partial charge in [-0.05, 0) is 59.7 Å². The molecule has 3 nitrogen and oxygen atoms in total. The maximum absolute atomic E-state index is 12.9. The first kappa shape index (κ1) is 16.3. The Morgan fingerprint density at radius 1 is 1.22 bits per heavy atom. The fourth-order valence-corrected chi connectivity index (χ4v) is 3.60. The molecule has 0 spiro atoms. The fraction of sp³-hybridized carbons (Fsp3) is 0.316. The molecular weight excluding hydrogens is 401 g/mol. The van der Waals surface area contributed by atoms with Crippen molar-refractivity contribution in [1.82, 2.24) is 0 Å². The van der Waals surface area contributed by atoms with Gasteiger partial charge in [0.05, 0.1) is 6.10 Å². The Morgan fingerprint density at radius 3 is 2.61 bits per heavy atom. The van der Waals surface area contributed by atoms with Gasteiger partial charge in [0.1, 0.15) is 5.54 Å². The van der Waals surface area contributed by atoms with Crippen molar-refractivity contribution in [1.29, 1.82) is 0 Å². The molecule has 1 aliphatic rings. The summed E-state index contributed by atoms with van der Waals surface area (Å²) >= 11 is 2.32. The number of halogens is 1. The quantitative estimate of drug-likeness (QED) is 0.595. The molecule has 1 atom stereocenters. The SMILES string of the molecule is CC(C)OC(=O)C1(Cc2ccccc2I)Cc2ccccc2N1. The summed E-state index contributed by atoms with van der Waals surface area (Å²) in [4.78, 5) is 12.9. The van der Waals surface area contributed by atoms with E-state index in [1.54, 1.807) is 0 Å². The van der Waals surface area contributed by atoms with Gasteiger partial charge in [-0.25, -0.2) is 4.79 Å². The van der Waals surface area contributed by atoms with Gasteiger partial charge >= 0.3 is 5.97 Å². The maximum atomic E-state index is 12.9. The van der Waals surface area contributed by atoms with Crippen LogP contribution in [0.4, 0.5) is 5.69 Å². The minimum absolute atomic E-state index is 0.125. The summed E-state index contributed by atoms with van der Waals surface area (Å²) in [7, 11) is 0. The number of hydrogen-bond donors (Lipinski definition) is 1. The third kappa shape index (κ3) is 3.37. The van der Waals surface area contributed by atoms with E-state index in [4.69, 9.17) is 4.74 Å².